The van der Waals surface area contributed by atoms with E-state index in [0.29, 0.717) is 5.75 Å². The Labute approximate surface area is 154 Å². The summed E-state index contributed by atoms with van der Waals surface area (Å²) in [4.78, 5) is 14.5. The van der Waals surface area contributed by atoms with Crippen molar-refractivity contribution in [3.05, 3.63) is 59.7 Å². The van der Waals surface area contributed by atoms with Crippen molar-refractivity contribution in [3.63, 3.8) is 0 Å². The maximum Gasteiger partial charge on any atom is 0.260 e. The Hall–Kier alpha value is -2.34. The Morgan fingerprint density at radius 1 is 1.15 bits per heavy atom. The van der Waals surface area contributed by atoms with E-state index in [2.05, 4.69) is 12.1 Å². The standard InChI is InChI=1S/C20H23NO4S/c1-21(19-9-5-7-15-6-3-4-8-18(15)19)20(22)14-25-16-10-12-17(13-11-16)26(2,23)24/h3-4,6,8,10-13,19H,5,7,9,14H2,1-2H3/t19-/m0/s1. The highest BCUT2D eigenvalue weighted by Gasteiger charge is 2.26. The summed E-state index contributed by atoms with van der Waals surface area (Å²) in [6, 6.07) is 14.4. The number of sulfone groups is 1. The molecule has 138 valence electrons. The Morgan fingerprint density at radius 3 is 2.54 bits per heavy atom. The van der Waals surface area contributed by atoms with E-state index in [1.54, 1.807) is 17.0 Å². The summed E-state index contributed by atoms with van der Waals surface area (Å²) < 4.78 is 28.5. The maximum atomic E-state index is 12.6. The molecule has 5 nitrogen and oxygen atoms in total. The van der Waals surface area contributed by atoms with Gasteiger partial charge in [-0.15, -0.1) is 0 Å². The summed E-state index contributed by atoms with van der Waals surface area (Å²) >= 11 is 0. The van der Waals surface area contributed by atoms with E-state index < -0.39 is 9.84 Å². The SMILES string of the molecule is CN(C(=O)COc1ccc(S(C)(=O)=O)cc1)[C@H]1CCCc2ccccc21. The topological polar surface area (TPSA) is 63.7 Å². The van der Waals surface area contributed by atoms with Gasteiger partial charge in [0.25, 0.3) is 5.91 Å². The highest BCUT2D eigenvalue weighted by molar-refractivity contribution is 7.90. The van der Waals surface area contributed by atoms with Gasteiger partial charge in [-0.25, -0.2) is 8.42 Å². The van der Waals surface area contributed by atoms with E-state index in [4.69, 9.17) is 4.74 Å². The number of aryl methyl sites for hydroxylation is 1. The van der Waals surface area contributed by atoms with Crippen molar-refractivity contribution in [2.24, 2.45) is 0 Å². The monoisotopic (exact) mass is 373 g/mol. The summed E-state index contributed by atoms with van der Waals surface area (Å²) in [5.74, 6) is 0.377. The number of fused-ring (bicyclic) bond motifs is 1. The number of likely N-dealkylation sites (N-methyl/N-ethyl adjacent to an activating group) is 1. The van der Waals surface area contributed by atoms with E-state index in [-0.39, 0.29) is 23.5 Å². The number of benzene rings is 2. The van der Waals surface area contributed by atoms with Gasteiger partial charge in [-0.3, -0.25) is 4.79 Å². The van der Waals surface area contributed by atoms with Crippen molar-refractivity contribution in [1.82, 2.24) is 4.90 Å². The molecular weight excluding hydrogens is 350 g/mol. The third kappa shape index (κ3) is 4.07. The van der Waals surface area contributed by atoms with Crippen molar-refractivity contribution in [2.75, 3.05) is 19.9 Å². The number of nitrogens with zero attached hydrogens (tertiary/aromatic N) is 1. The number of rotatable bonds is 5. The average Bonchev–Trinajstić information content (AvgIpc) is 2.64. The molecule has 0 saturated carbocycles. The number of hydrogen-bond acceptors (Lipinski definition) is 4. The summed E-state index contributed by atoms with van der Waals surface area (Å²) in [7, 11) is -1.43. The zero-order chi connectivity index (χ0) is 18.7. The van der Waals surface area contributed by atoms with Crippen LogP contribution in [-0.4, -0.2) is 39.1 Å². The van der Waals surface area contributed by atoms with Crippen molar-refractivity contribution >= 4 is 15.7 Å². The predicted octanol–water partition coefficient (Wildman–Crippen LogP) is 3.00. The number of carbonyl (C=O) groups is 1. The lowest BCUT2D eigenvalue weighted by atomic mass is 9.87. The summed E-state index contributed by atoms with van der Waals surface area (Å²) in [6.07, 6.45) is 4.22. The third-order valence-corrected chi connectivity index (χ3v) is 5.94. The van der Waals surface area contributed by atoms with Gasteiger partial charge in [-0.05, 0) is 54.7 Å². The quantitative estimate of drug-likeness (QED) is 0.808. The molecule has 1 atom stereocenters. The molecule has 1 aliphatic carbocycles. The molecule has 0 fully saturated rings. The molecule has 0 N–H and O–H groups in total. The molecule has 0 radical (unpaired) electrons. The average molecular weight is 373 g/mol. The van der Waals surface area contributed by atoms with Gasteiger partial charge in [-0.1, -0.05) is 24.3 Å². The highest BCUT2D eigenvalue weighted by atomic mass is 32.2. The van der Waals surface area contributed by atoms with Crippen molar-refractivity contribution in [1.29, 1.82) is 0 Å². The second-order valence-electron chi connectivity index (χ2n) is 6.64. The van der Waals surface area contributed by atoms with Crippen LogP contribution in [0, 0.1) is 0 Å². The second kappa shape index (κ2) is 7.50. The molecule has 0 heterocycles. The Bertz CT molecular complexity index is 890. The minimum atomic E-state index is -3.24. The molecule has 2 aromatic rings. The molecule has 0 bridgehead atoms. The summed E-state index contributed by atoms with van der Waals surface area (Å²) in [5.41, 5.74) is 2.52. The fourth-order valence-corrected chi connectivity index (χ4v) is 3.96. The third-order valence-electron chi connectivity index (χ3n) is 4.81. The first-order valence-electron chi connectivity index (χ1n) is 8.62. The van der Waals surface area contributed by atoms with Gasteiger partial charge >= 0.3 is 0 Å². The van der Waals surface area contributed by atoms with Gasteiger partial charge in [0.2, 0.25) is 0 Å². The lowest BCUT2D eigenvalue weighted by Gasteiger charge is -2.33. The van der Waals surface area contributed by atoms with Gasteiger partial charge in [0.15, 0.2) is 16.4 Å². The molecule has 2 aromatic carbocycles. The highest BCUT2D eigenvalue weighted by Crippen LogP contribution is 2.33. The van der Waals surface area contributed by atoms with Crippen LogP contribution in [0.25, 0.3) is 0 Å². The zero-order valence-corrected chi connectivity index (χ0v) is 15.8. The van der Waals surface area contributed by atoms with E-state index in [9.17, 15) is 13.2 Å². The van der Waals surface area contributed by atoms with E-state index >= 15 is 0 Å². The van der Waals surface area contributed by atoms with Gasteiger partial charge in [0, 0.05) is 13.3 Å². The smallest absolute Gasteiger partial charge is 0.260 e. The Morgan fingerprint density at radius 2 is 1.85 bits per heavy atom. The van der Waals surface area contributed by atoms with E-state index in [0.717, 1.165) is 25.5 Å². The van der Waals surface area contributed by atoms with Gasteiger partial charge in [-0.2, -0.15) is 0 Å². The van der Waals surface area contributed by atoms with E-state index in [1.807, 2.05) is 19.2 Å². The van der Waals surface area contributed by atoms with Crippen LogP contribution in [0.1, 0.15) is 30.0 Å². The molecule has 26 heavy (non-hydrogen) atoms. The van der Waals surface area contributed by atoms with Crippen LogP contribution in [0.3, 0.4) is 0 Å². The largest absolute Gasteiger partial charge is 0.484 e. The van der Waals surface area contributed by atoms with Gasteiger partial charge in [0.1, 0.15) is 5.75 Å². The molecule has 0 unspecified atom stereocenters. The van der Waals surface area contributed by atoms with Crippen LogP contribution in [0.5, 0.6) is 5.75 Å². The molecule has 0 saturated heterocycles. The Kier molecular flexibility index (Phi) is 5.32. The molecule has 6 heteroatoms. The molecule has 0 aliphatic heterocycles. The fraction of sp³-hybridized carbons (Fsp3) is 0.350. The molecule has 3 rings (SSSR count). The first kappa shape index (κ1) is 18.5. The Balaban J connectivity index is 1.64. The molecule has 0 aromatic heterocycles. The van der Waals surface area contributed by atoms with Gasteiger partial charge in [0.05, 0.1) is 10.9 Å². The van der Waals surface area contributed by atoms with Crippen molar-refractivity contribution in [3.8, 4) is 5.75 Å². The zero-order valence-electron chi connectivity index (χ0n) is 15.0. The fourth-order valence-electron chi connectivity index (χ4n) is 3.33. The van der Waals surface area contributed by atoms with Crippen LogP contribution >= 0.6 is 0 Å². The minimum absolute atomic E-state index is 0.0728. The van der Waals surface area contributed by atoms with Crippen LogP contribution in [0.2, 0.25) is 0 Å². The maximum absolute atomic E-state index is 12.6. The number of hydrogen-bond donors (Lipinski definition) is 0. The lowest BCUT2D eigenvalue weighted by Crippen LogP contribution is -2.36. The molecule has 0 spiro atoms. The van der Waals surface area contributed by atoms with Crippen molar-refractivity contribution < 1.29 is 17.9 Å². The minimum Gasteiger partial charge on any atom is -0.484 e. The van der Waals surface area contributed by atoms with Crippen LogP contribution in [0.15, 0.2) is 53.4 Å². The molecular formula is C20H23NO4S. The summed E-state index contributed by atoms with van der Waals surface area (Å²) in [5, 5.41) is 0. The summed E-state index contributed by atoms with van der Waals surface area (Å²) in [6.45, 7) is -0.0760. The van der Waals surface area contributed by atoms with E-state index in [1.165, 1.54) is 23.3 Å². The van der Waals surface area contributed by atoms with Crippen molar-refractivity contribution in [2.45, 2.75) is 30.2 Å². The number of ether oxygens (including phenoxy) is 1. The second-order valence-corrected chi connectivity index (χ2v) is 8.66. The number of amides is 1. The van der Waals surface area contributed by atoms with Crippen LogP contribution in [-0.2, 0) is 21.1 Å². The molecule has 1 amide bonds. The predicted molar refractivity (Wildman–Crippen MR) is 99.9 cm³/mol. The number of carbonyl (C=O) groups excluding carboxylic acids is 1. The van der Waals surface area contributed by atoms with Gasteiger partial charge < -0.3 is 9.64 Å². The molecule has 1 aliphatic rings. The first-order valence-corrected chi connectivity index (χ1v) is 10.5. The first-order chi connectivity index (χ1) is 12.4. The lowest BCUT2D eigenvalue weighted by molar-refractivity contribution is -0.134. The van der Waals surface area contributed by atoms with Crippen LogP contribution in [0.4, 0.5) is 0 Å². The normalized spacial score (nSPS) is 16.6. The van der Waals surface area contributed by atoms with Crippen LogP contribution < -0.4 is 4.74 Å².